The Morgan fingerprint density at radius 1 is 1.40 bits per heavy atom. The molecule has 0 aromatic carbocycles. The maximum absolute atomic E-state index is 12.0. The van der Waals surface area contributed by atoms with E-state index in [9.17, 15) is 4.79 Å². The van der Waals surface area contributed by atoms with Crippen LogP contribution in [0.4, 0.5) is 0 Å². The number of aromatic nitrogens is 3. The Labute approximate surface area is 132 Å². The van der Waals surface area contributed by atoms with E-state index < -0.39 is 0 Å². The van der Waals surface area contributed by atoms with Crippen LogP contribution in [0.15, 0.2) is 43.4 Å². The molecule has 20 heavy (non-hydrogen) atoms. The van der Waals surface area contributed by atoms with Crippen LogP contribution in [0.1, 0.15) is 11.4 Å². The van der Waals surface area contributed by atoms with Gasteiger partial charge in [-0.3, -0.25) is 9.20 Å². The van der Waals surface area contributed by atoms with E-state index >= 15 is 0 Å². The Morgan fingerprint density at radius 3 is 3.00 bits per heavy atom. The molecular weight excluding hydrogens is 358 g/mol. The van der Waals surface area contributed by atoms with Crippen LogP contribution in [0.25, 0.3) is 5.65 Å². The Morgan fingerprint density at radius 2 is 2.25 bits per heavy atom. The number of aryl methyl sites for hydroxylation is 1. The van der Waals surface area contributed by atoms with Crippen LogP contribution in [-0.2, 0) is 5.75 Å². The standard InChI is InChI=1S/C13H10BrN3OS2/c1-8-6-19-13(15-8)20-7-10-4-12(18)17-5-9(14)2-3-11(17)16-10/h2-6H,7H2,1H3. The Balaban J connectivity index is 1.89. The second-order valence-corrected chi connectivity index (χ2v) is 7.20. The van der Waals surface area contributed by atoms with E-state index in [-0.39, 0.29) is 5.56 Å². The molecule has 0 spiro atoms. The van der Waals surface area contributed by atoms with Gasteiger partial charge in [0.25, 0.3) is 5.56 Å². The number of thiazole rings is 1. The number of nitrogens with zero attached hydrogens (tertiary/aromatic N) is 3. The van der Waals surface area contributed by atoms with E-state index in [1.807, 2.05) is 24.4 Å². The molecule has 0 amide bonds. The first-order valence-electron chi connectivity index (χ1n) is 5.84. The minimum absolute atomic E-state index is 0.0674. The van der Waals surface area contributed by atoms with Crippen LogP contribution in [0.3, 0.4) is 0 Å². The molecule has 0 radical (unpaired) electrons. The number of hydrogen-bond donors (Lipinski definition) is 0. The summed E-state index contributed by atoms with van der Waals surface area (Å²) in [5, 5.41) is 2.02. The van der Waals surface area contributed by atoms with Crippen molar-refractivity contribution in [3.05, 3.63) is 56.0 Å². The highest BCUT2D eigenvalue weighted by Gasteiger charge is 2.05. The third-order valence-corrected chi connectivity index (χ3v) is 5.26. The second kappa shape index (κ2) is 5.67. The summed E-state index contributed by atoms with van der Waals surface area (Å²) in [6.45, 7) is 1.97. The molecule has 0 aliphatic carbocycles. The number of rotatable bonds is 3. The van der Waals surface area contributed by atoms with Gasteiger partial charge < -0.3 is 0 Å². The molecule has 3 aromatic rings. The predicted molar refractivity (Wildman–Crippen MR) is 85.6 cm³/mol. The zero-order valence-electron chi connectivity index (χ0n) is 10.5. The molecule has 102 valence electrons. The third-order valence-electron chi connectivity index (χ3n) is 2.62. The van der Waals surface area contributed by atoms with Gasteiger partial charge in [-0.2, -0.15) is 0 Å². The molecule has 7 heteroatoms. The van der Waals surface area contributed by atoms with E-state index in [2.05, 4.69) is 25.9 Å². The molecule has 0 unspecified atom stereocenters. The molecule has 3 heterocycles. The fourth-order valence-electron chi connectivity index (χ4n) is 1.73. The molecule has 0 aliphatic rings. The van der Waals surface area contributed by atoms with Crippen molar-refractivity contribution in [3.63, 3.8) is 0 Å². The summed E-state index contributed by atoms with van der Waals surface area (Å²) < 4.78 is 3.39. The number of halogens is 1. The smallest absolute Gasteiger partial charge is 0.258 e. The van der Waals surface area contributed by atoms with Crippen LogP contribution in [-0.4, -0.2) is 14.4 Å². The van der Waals surface area contributed by atoms with Gasteiger partial charge in [-0.05, 0) is 35.0 Å². The number of hydrogen-bond acceptors (Lipinski definition) is 5. The molecule has 0 bridgehead atoms. The van der Waals surface area contributed by atoms with E-state index in [0.29, 0.717) is 11.4 Å². The van der Waals surface area contributed by atoms with Crippen molar-refractivity contribution in [2.24, 2.45) is 0 Å². The van der Waals surface area contributed by atoms with E-state index in [4.69, 9.17) is 0 Å². The summed E-state index contributed by atoms with van der Waals surface area (Å²) in [6.07, 6.45) is 1.73. The normalized spacial score (nSPS) is 11.1. The Bertz CT molecular complexity index is 828. The third kappa shape index (κ3) is 2.94. The van der Waals surface area contributed by atoms with E-state index in [1.165, 1.54) is 4.40 Å². The molecule has 3 rings (SSSR count). The average Bonchev–Trinajstić information content (AvgIpc) is 2.83. The van der Waals surface area contributed by atoms with Crippen LogP contribution >= 0.6 is 39.0 Å². The predicted octanol–water partition coefficient (Wildman–Crippen LogP) is 3.51. The minimum atomic E-state index is -0.0674. The molecule has 0 aliphatic heterocycles. The van der Waals surface area contributed by atoms with Crippen molar-refractivity contribution in [2.45, 2.75) is 17.0 Å². The van der Waals surface area contributed by atoms with Crippen molar-refractivity contribution in [1.82, 2.24) is 14.4 Å². The molecule has 0 saturated carbocycles. The van der Waals surface area contributed by atoms with Gasteiger partial charge in [0, 0.05) is 33.6 Å². The van der Waals surface area contributed by atoms with Crippen molar-refractivity contribution < 1.29 is 0 Å². The van der Waals surface area contributed by atoms with Crippen LogP contribution in [0.2, 0.25) is 0 Å². The summed E-state index contributed by atoms with van der Waals surface area (Å²) in [5.74, 6) is 0.648. The summed E-state index contributed by atoms with van der Waals surface area (Å²) in [5.41, 5.74) is 2.39. The first-order chi connectivity index (χ1) is 9.61. The van der Waals surface area contributed by atoms with Crippen molar-refractivity contribution >= 4 is 44.7 Å². The second-order valence-electron chi connectivity index (χ2n) is 4.20. The highest BCUT2D eigenvalue weighted by Crippen LogP contribution is 2.25. The molecule has 0 N–H and O–H groups in total. The molecular formula is C13H10BrN3OS2. The Hall–Kier alpha value is -1.18. The van der Waals surface area contributed by atoms with Gasteiger partial charge in [0.2, 0.25) is 0 Å². The van der Waals surface area contributed by atoms with Gasteiger partial charge in [0.1, 0.15) is 9.99 Å². The Kier molecular flexibility index (Phi) is 3.91. The summed E-state index contributed by atoms with van der Waals surface area (Å²) in [4.78, 5) is 20.9. The summed E-state index contributed by atoms with van der Waals surface area (Å²) in [6, 6.07) is 5.28. The van der Waals surface area contributed by atoms with Gasteiger partial charge in [-0.25, -0.2) is 9.97 Å². The van der Waals surface area contributed by atoms with Crippen LogP contribution in [0.5, 0.6) is 0 Å². The van der Waals surface area contributed by atoms with E-state index in [0.717, 1.165) is 20.2 Å². The fourth-order valence-corrected chi connectivity index (χ4v) is 3.81. The average molecular weight is 368 g/mol. The highest BCUT2D eigenvalue weighted by atomic mass is 79.9. The molecule has 0 saturated heterocycles. The van der Waals surface area contributed by atoms with Gasteiger partial charge >= 0.3 is 0 Å². The zero-order valence-corrected chi connectivity index (χ0v) is 13.8. The van der Waals surface area contributed by atoms with Crippen molar-refractivity contribution in [1.29, 1.82) is 0 Å². The van der Waals surface area contributed by atoms with Gasteiger partial charge in [-0.1, -0.05) is 11.8 Å². The largest absolute Gasteiger partial charge is 0.269 e. The number of fused-ring (bicyclic) bond motifs is 1. The number of thioether (sulfide) groups is 1. The molecule has 0 atom stereocenters. The fraction of sp³-hybridized carbons (Fsp3) is 0.154. The first-order valence-corrected chi connectivity index (χ1v) is 8.50. The maximum atomic E-state index is 12.0. The quantitative estimate of drug-likeness (QED) is 0.664. The minimum Gasteiger partial charge on any atom is -0.269 e. The van der Waals surface area contributed by atoms with Gasteiger partial charge in [-0.15, -0.1) is 11.3 Å². The molecule has 4 nitrogen and oxygen atoms in total. The van der Waals surface area contributed by atoms with Crippen molar-refractivity contribution in [2.75, 3.05) is 0 Å². The SMILES string of the molecule is Cc1csc(SCc2cc(=O)n3cc(Br)ccc3n2)n1. The van der Waals surface area contributed by atoms with Crippen LogP contribution in [0, 0.1) is 6.92 Å². The van der Waals surface area contributed by atoms with E-state index in [1.54, 1.807) is 35.4 Å². The summed E-state index contributed by atoms with van der Waals surface area (Å²) in [7, 11) is 0. The highest BCUT2D eigenvalue weighted by molar-refractivity contribution is 9.10. The number of pyridine rings is 1. The zero-order chi connectivity index (χ0) is 14.1. The molecule has 0 fully saturated rings. The maximum Gasteiger partial charge on any atom is 0.258 e. The van der Waals surface area contributed by atoms with Gasteiger partial charge in [0.05, 0.1) is 5.69 Å². The van der Waals surface area contributed by atoms with Crippen LogP contribution < -0.4 is 5.56 Å². The summed E-state index contributed by atoms with van der Waals surface area (Å²) >= 11 is 6.57. The lowest BCUT2D eigenvalue weighted by atomic mass is 10.4. The topological polar surface area (TPSA) is 47.3 Å². The molecule has 3 aromatic heterocycles. The first kappa shape index (κ1) is 13.8. The lowest BCUT2D eigenvalue weighted by Gasteiger charge is -2.03. The monoisotopic (exact) mass is 367 g/mol. The van der Waals surface area contributed by atoms with Crippen molar-refractivity contribution in [3.8, 4) is 0 Å². The van der Waals surface area contributed by atoms with Gasteiger partial charge in [0.15, 0.2) is 0 Å². The lowest BCUT2D eigenvalue weighted by molar-refractivity contribution is 1.01. The lowest BCUT2D eigenvalue weighted by Crippen LogP contribution is -2.15.